The molecule has 2 saturated carbocycles. The van der Waals surface area contributed by atoms with E-state index in [0.717, 1.165) is 0 Å². The van der Waals surface area contributed by atoms with E-state index in [9.17, 15) is 0 Å². The maximum Gasteiger partial charge on any atom is 1.00 e. The normalized spacial score (nSPS) is 21.9. The molecule has 0 aromatic rings. The largest absolute Gasteiger partial charge is 1.00 e. The molecule has 165 valence electrons. The fourth-order valence-electron chi connectivity index (χ4n) is 2.81. The van der Waals surface area contributed by atoms with E-state index in [-0.39, 0.29) is 35.7 Å². The van der Waals surface area contributed by atoms with E-state index in [1.165, 1.54) is 59.2 Å². The van der Waals surface area contributed by atoms with Gasteiger partial charge in [-0.2, -0.15) is 0 Å². The second kappa shape index (κ2) is 18.3. The van der Waals surface area contributed by atoms with Crippen LogP contribution in [0.1, 0.15) is 69.2 Å². The Morgan fingerprint density at radius 2 is 0.464 bits per heavy atom. The molecule has 0 N–H and O–H groups in total. The summed E-state index contributed by atoms with van der Waals surface area (Å²) in [5, 5.41) is 0. The standard InChI is InChI=1S/2C10H15.C3H9Si.CH3.ClH.2Ru/c2*1-6-7(2)9(4)10(5)8(6)3;1-4(2)3;;;;/h2*1-5H3;1-3H3;1H3;1H;;/q;;;-1;;2*+1/p-1. The summed E-state index contributed by atoms with van der Waals surface area (Å²) in [5.74, 6) is 14.7. The molecule has 0 aliphatic heterocycles. The topological polar surface area (TPSA) is 0 Å². The van der Waals surface area contributed by atoms with Crippen molar-refractivity contribution in [1.29, 1.82) is 0 Å². The monoisotopic (exact) mass is 597 g/mol. The van der Waals surface area contributed by atoms with E-state index >= 15 is 0 Å². The molecule has 0 amide bonds. The predicted molar refractivity (Wildman–Crippen MR) is 125 cm³/mol. The zero-order valence-electron chi connectivity index (χ0n) is 20.6. The zero-order valence-corrected chi connectivity index (χ0v) is 25.8. The van der Waals surface area contributed by atoms with Gasteiger partial charge in [0.1, 0.15) is 0 Å². The molecular formula is C24H42ClRu2Si. The van der Waals surface area contributed by atoms with Crippen LogP contribution in [-0.2, 0) is 36.8 Å². The summed E-state index contributed by atoms with van der Waals surface area (Å²) in [6, 6.07) is 0. The summed E-state index contributed by atoms with van der Waals surface area (Å²) in [5.41, 5.74) is 0. The molecule has 0 heterocycles. The first kappa shape index (κ1) is 37.1. The second-order valence-corrected chi connectivity index (χ2v) is 10.8. The summed E-state index contributed by atoms with van der Waals surface area (Å²) in [7, 11) is 4.69. The summed E-state index contributed by atoms with van der Waals surface area (Å²) >= 11 is 1.82. The molecule has 2 rings (SSSR count). The Morgan fingerprint density at radius 1 is 0.429 bits per heavy atom. The molecule has 12 radical (unpaired) electrons. The molecule has 0 bridgehead atoms. The fourth-order valence-corrected chi connectivity index (χ4v) is 2.81. The van der Waals surface area contributed by atoms with Crippen molar-refractivity contribution in [3.8, 4) is 0 Å². The van der Waals surface area contributed by atoms with E-state index in [2.05, 4.69) is 98.6 Å². The third-order valence-corrected chi connectivity index (χ3v) is 5.62. The molecule has 28 heavy (non-hydrogen) atoms. The van der Waals surface area contributed by atoms with Crippen molar-refractivity contribution in [2.45, 2.75) is 88.9 Å². The molecule has 0 nitrogen and oxygen atoms in total. The van der Waals surface area contributed by atoms with Gasteiger partial charge in [0.2, 0.25) is 0 Å². The number of hydrogen-bond acceptors (Lipinski definition) is 0. The molecule has 0 saturated heterocycles. The van der Waals surface area contributed by atoms with Gasteiger partial charge in [-0.1, -0.05) is 88.9 Å². The minimum Gasteiger partial charge on any atom is 1.00 e. The van der Waals surface area contributed by atoms with Crippen LogP contribution in [0.3, 0.4) is 0 Å². The maximum atomic E-state index is 4.57. The quantitative estimate of drug-likeness (QED) is 0.195. The summed E-state index contributed by atoms with van der Waals surface area (Å²) < 4.78 is 0. The van der Waals surface area contributed by atoms with Crippen molar-refractivity contribution in [3.63, 3.8) is 0 Å². The van der Waals surface area contributed by atoms with Crippen LogP contribution in [0.2, 0.25) is 19.6 Å². The van der Waals surface area contributed by atoms with Crippen LogP contribution in [0.4, 0.5) is 0 Å². The molecule has 0 spiro atoms. The van der Waals surface area contributed by atoms with E-state index < -0.39 is 0 Å². The first-order valence-corrected chi connectivity index (χ1v) is 14.4. The second-order valence-electron chi connectivity index (χ2n) is 7.75. The van der Waals surface area contributed by atoms with E-state index in [0.29, 0.717) is 0 Å². The van der Waals surface area contributed by atoms with Gasteiger partial charge in [0.15, 0.2) is 0 Å². The molecule has 0 unspecified atom stereocenters. The fraction of sp³-hybridized carbons (Fsp3) is 0.542. The van der Waals surface area contributed by atoms with Gasteiger partial charge in [-0.15, -0.1) is 0 Å². The average Bonchev–Trinajstić information content (AvgIpc) is 2.87. The molecular weight excluding hydrogens is 554 g/mol. The van der Waals surface area contributed by atoms with Gasteiger partial charge in [-0.3, -0.25) is 0 Å². The van der Waals surface area contributed by atoms with Crippen LogP contribution >= 0.6 is 9.69 Å². The Bertz CT molecular complexity index is 231. The Balaban J connectivity index is -0.000000153. The van der Waals surface area contributed by atoms with Gasteiger partial charge < -0.3 is 7.43 Å². The van der Waals surface area contributed by atoms with Gasteiger partial charge in [-0.25, -0.2) is 0 Å². The molecule has 0 atom stereocenters. The predicted octanol–water partition coefficient (Wildman–Crippen LogP) is 8.45. The Morgan fingerprint density at radius 3 is 0.500 bits per heavy atom. The minimum absolute atomic E-state index is 0. The summed E-state index contributed by atoms with van der Waals surface area (Å²) in [6.07, 6.45) is 0. The first-order chi connectivity index (χ1) is 11.8. The molecule has 4 heteroatoms. The van der Waals surface area contributed by atoms with Gasteiger partial charge in [0.05, 0.1) is 0 Å². The van der Waals surface area contributed by atoms with Crippen LogP contribution in [0.5, 0.6) is 0 Å². The van der Waals surface area contributed by atoms with Crippen molar-refractivity contribution in [2.75, 3.05) is 0 Å². The summed E-state index contributed by atoms with van der Waals surface area (Å²) in [4.78, 5) is 0. The Labute approximate surface area is 209 Å². The van der Waals surface area contributed by atoms with Crippen LogP contribution in [0.15, 0.2) is 0 Å². The molecule has 0 aromatic carbocycles. The van der Waals surface area contributed by atoms with E-state index in [4.69, 9.17) is 0 Å². The van der Waals surface area contributed by atoms with Gasteiger partial charge in [-0.05, 0) is 59.2 Å². The number of hydrogen-bond donors (Lipinski definition) is 0. The van der Waals surface area contributed by atoms with Crippen LogP contribution in [-0.4, -0.2) is 8.80 Å². The smallest absolute Gasteiger partial charge is 1.00 e. The van der Waals surface area contributed by atoms with Crippen molar-refractivity contribution >= 4 is 18.5 Å². The molecule has 2 fully saturated rings. The third-order valence-electron chi connectivity index (χ3n) is 5.62. The van der Waals surface area contributed by atoms with Crippen LogP contribution in [0, 0.1) is 66.6 Å². The van der Waals surface area contributed by atoms with Crippen molar-refractivity contribution in [1.82, 2.24) is 0 Å². The first-order valence-electron chi connectivity index (χ1n) is 9.13. The van der Waals surface area contributed by atoms with Crippen LogP contribution in [0.25, 0.3) is 0 Å². The van der Waals surface area contributed by atoms with Crippen molar-refractivity contribution in [2.24, 2.45) is 0 Å². The van der Waals surface area contributed by atoms with Crippen molar-refractivity contribution < 1.29 is 36.8 Å². The third kappa shape index (κ3) is 11.4. The minimum atomic E-state index is 0. The van der Waals surface area contributed by atoms with Gasteiger partial charge in [0, 0.05) is 8.80 Å². The molecule has 0 aromatic heterocycles. The van der Waals surface area contributed by atoms with Gasteiger partial charge in [0.25, 0.3) is 0 Å². The number of rotatable bonds is 0. The molecule has 2 aliphatic rings. The van der Waals surface area contributed by atoms with Gasteiger partial charge >= 0.3 is 46.5 Å². The maximum absolute atomic E-state index is 4.57. The van der Waals surface area contributed by atoms with Crippen molar-refractivity contribution in [3.05, 3.63) is 66.6 Å². The Kier molecular flexibility index (Phi) is 24.3. The Hall–Kier alpha value is 1.75. The average molecular weight is 596 g/mol. The van der Waals surface area contributed by atoms with Crippen LogP contribution < -0.4 is 0 Å². The van der Waals surface area contributed by atoms with E-state index in [1.807, 2.05) is 17.3 Å². The zero-order chi connectivity index (χ0) is 21.4. The van der Waals surface area contributed by atoms with E-state index in [1.54, 1.807) is 0 Å². The SMILES string of the molecule is C[C]1[C](C)[C](C)[C](C)[C]1C.C[C]1[C](C)[C](C)[C](C)[C]1C.C[Si](C)C.[CH3-].[Cl][Ru].[Ru+]. The summed E-state index contributed by atoms with van der Waals surface area (Å²) in [6.45, 7) is 28.8. The molecule has 2 aliphatic carbocycles. The number of halogens is 1.